The zero-order valence-corrected chi connectivity index (χ0v) is 23.5. The third-order valence-corrected chi connectivity index (χ3v) is 7.73. The number of cyclic esters (lactones) is 1. The maximum Gasteiger partial charge on any atom is 0.416 e. The average molecular weight is 648 g/mol. The Balaban J connectivity index is 1.64. The second kappa shape index (κ2) is 11.0. The molecular formula is C31H23F10NO3. The van der Waals surface area contributed by atoms with Crippen LogP contribution < -0.4 is 4.74 Å². The minimum Gasteiger partial charge on any atom is -0.496 e. The van der Waals surface area contributed by atoms with Crippen LogP contribution in [0.25, 0.3) is 11.1 Å². The Labute approximate surface area is 249 Å². The van der Waals surface area contributed by atoms with Crippen LogP contribution >= 0.6 is 0 Å². The number of nitrogens with zero attached hydrogens (tertiary/aromatic N) is 1. The van der Waals surface area contributed by atoms with Crippen molar-refractivity contribution in [3.63, 3.8) is 0 Å². The summed E-state index contributed by atoms with van der Waals surface area (Å²) in [5.41, 5.74) is -4.51. The Morgan fingerprint density at radius 2 is 1.38 bits per heavy atom. The van der Waals surface area contributed by atoms with Crippen LogP contribution in [-0.4, -0.2) is 24.1 Å². The molecule has 5 rings (SSSR count). The number of hydrogen-bond donors (Lipinski definition) is 0. The number of hydrogen-bond acceptors (Lipinski definition) is 3. The van der Waals surface area contributed by atoms with Crippen LogP contribution in [0.5, 0.6) is 5.75 Å². The molecule has 0 aromatic heterocycles. The Morgan fingerprint density at radius 1 is 0.778 bits per heavy atom. The van der Waals surface area contributed by atoms with Crippen molar-refractivity contribution < 1.29 is 58.2 Å². The summed E-state index contributed by atoms with van der Waals surface area (Å²) in [6, 6.07) is 3.41. The Hall–Kier alpha value is -4.23. The van der Waals surface area contributed by atoms with Crippen LogP contribution in [0.15, 0.2) is 60.7 Å². The van der Waals surface area contributed by atoms with E-state index in [1.165, 1.54) is 25.3 Å². The SMILES string of the molecule is COc1cc(F)c(C(C)C)cc1-c1ccc(C(F)(F)F)cc1[C@@H]1C=CC2[C@@H](c3cc(C(F)(F)F)cc(C(F)(F)F)c3)OC(=O)N21. The summed E-state index contributed by atoms with van der Waals surface area (Å²) in [6.45, 7) is 3.40. The van der Waals surface area contributed by atoms with Gasteiger partial charge in [0.25, 0.3) is 0 Å². The van der Waals surface area contributed by atoms with E-state index in [0.29, 0.717) is 12.1 Å². The van der Waals surface area contributed by atoms with E-state index < -0.39 is 70.9 Å². The van der Waals surface area contributed by atoms with Crippen LogP contribution in [-0.2, 0) is 23.3 Å². The number of methoxy groups -OCH3 is 1. The molecule has 0 radical (unpaired) electrons. The van der Waals surface area contributed by atoms with Crippen LogP contribution in [0.3, 0.4) is 0 Å². The number of amides is 1. The molecule has 0 saturated carbocycles. The molecular weight excluding hydrogens is 624 g/mol. The second-order valence-electron chi connectivity index (χ2n) is 10.9. The van der Waals surface area contributed by atoms with Gasteiger partial charge in [-0.2, -0.15) is 39.5 Å². The van der Waals surface area contributed by atoms with Gasteiger partial charge in [0.05, 0.1) is 35.9 Å². The molecule has 0 aliphatic carbocycles. The number of benzene rings is 3. The highest BCUT2D eigenvalue weighted by atomic mass is 19.4. The van der Waals surface area contributed by atoms with Crippen molar-refractivity contribution in [1.82, 2.24) is 4.90 Å². The van der Waals surface area contributed by atoms with Gasteiger partial charge in [0.2, 0.25) is 0 Å². The van der Waals surface area contributed by atoms with Gasteiger partial charge in [-0.15, -0.1) is 0 Å². The van der Waals surface area contributed by atoms with Crippen LogP contribution in [0.1, 0.15) is 65.3 Å². The first-order valence-electron chi connectivity index (χ1n) is 13.4. The standard InChI is InChI=1S/C31H23F10NO3/c1-14(2)20-12-22(26(44-3)13-23(20)32)19-5-4-16(29(33,34)35)11-21(19)24-6-7-25-27(45-28(43)42(24)25)15-8-17(30(36,37)38)10-18(9-15)31(39,40)41/h4-14,24-25,27H,1-3H3/t24-,25?,27+/m0/s1. The summed E-state index contributed by atoms with van der Waals surface area (Å²) in [6.07, 6.45) is -15.4. The lowest BCUT2D eigenvalue weighted by Gasteiger charge is -2.27. The van der Waals surface area contributed by atoms with E-state index in [2.05, 4.69) is 0 Å². The van der Waals surface area contributed by atoms with Crippen molar-refractivity contribution in [3.8, 4) is 16.9 Å². The highest BCUT2D eigenvalue weighted by molar-refractivity contribution is 5.79. The Morgan fingerprint density at radius 3 is 1.91 bits per heavy atom. The zero-order valence-electron chi connectivity index (χ0n) is 23.5. The van der Waals surface area contributed by atoms with Crippen LogP contribution in [0.2, 0.25) is 0 Å². The van der Waals surface area contributed by atoms with E-state index in [4.69, 9.17) is 9.47 Å². The molecule has 3 aromatic carbocycles. The molecule has 2 heterocycles. The predicted molar refractivity (Wildman–Crippen MR) is 141 cm³/mol. The number of halogens is 10. The molecule has 1 fully saturated rings. The van der Waals surface area contributed by atoms with Gasteiger partial charge in [0.15, 0.2) is 6.10 Å². The molecule has 240 valence electrons. The first kappa shape index (κ1) is 32.2. The number of carbonyl (C=O) groups excluding carboxylic acids is 1. The first-order chi connectivity index (χ1) is 20.8. The van der Waals surface area contributed by atoms with Crippen molar-refractivity contribution >= 4 is 6.09 Å². The van der Waals surface area contributed by atoms with Crippen molar-refractivity contribution in [1.29, 1.82) is 0 Å². The lowest BCUT2D eigenvalue weighted by Crippen LogP contribution is -2.32. The molecule has 4 nitrogen and oxygen atoms in total. The van der Waals surface area contributed by atoms with Gasteiger partial charge < -0.3 is 9.47 Å². The number of fused-ring (bicyclic) bond motifs is 1. The number of rotatable bonds is 5. The summed E-state index contributed by atoms with van der Waals surface area (Å²) in [4.78, 5) is 14.1. The largest absolute Gasteiger partial charge is 0.496 e. The normalized spacial score (nSPS) is 20.2. The lowest BCUT2D eigenvalue weighted by molar-refractivity contribution is -0.143. The molecule has 1 amide bonds. The number of carbonyl (C=O) groups is 1. The predicted octanol–water partition coefficient (Wildman–Crippen LogP) is 9.85. The quantitative estimate of drug-likeness (QED) is 0.205. The van der Waals surface area contributed by atoms with E-state index >= 15 is 0 Å². The Kier molecular flexibility index (Phi) is 7.85. The highest BCUT2D eigenvalue weighted by Gasteiger charge is 2.49. The number of ether oxygens (including phenoxy) is 2. The molecule has 3 aromatic rings. The molecule has 0 bridgehead atoms. The fourth-order valence-electron chi connectivity index (χ4n) is 5.60. The molecule has 3 atom stereocenters. The second-order valence-corrected chi connectivity index (χ2v) is 10.9. The molecule has 1 saturated heterocycles. The highest BCUT2D eigenvalue weighted by Crippen LogP contribution is 2.49. The molecule has 2 aliphatic heterocycles. The van der Waals surface area contributed by atoms with Gasteiger partial charge in [-0.05, 0) is 64.6 Å². The molecule has 1 unspecified atom stereocenters. The first-order valence-corrected chi connectivity index (χ1v) is 13.4. The van der Waals surface area contributed by atoms with Crippen molar-refractivity contribution in [2.24, 2.45) is 0 Å². The van der Waals surface area contributed by atoms with Crippen molar-refractivity contribution in [2.75, 3.05) is 7.11 Å². The minimum atomic E-state index is -5.16. The maximum absolute atomic E-state index is 14.8. The zero-order chi connectivity index (χ0) is 33.2. The summed E-state index contributed by atoms with van der Waals surface area (Å²) in [7, 11) is 1.23. The molecule has 45 heavy (non-hydrogen) atoms. The molecule has 0 N–H and O–H groups in total. The fraction of sp³-hybridized carbons (Fsp3) is 0.323. The monoisotopic (exact) mass is 647 g/mol. The van der Waals surface area contributed by atoms with Gasteiger partial charge in [-0.3, -0.25) is 4.90 Å². The third-order valence-electron chi connectivity index (χ3n) is 7.73. The van der Waals surface area contributed by atoms with Gasteiger partial charge in [-0.25, -0.2) is 9.18 Å². The minimum absolute atomic E-state index is 0.0260. The number of alkyl halides is 9. The lowest BCUT2D eigenvalue weighted by atomic mass is 9.89. The fourth-order valence-corrected chi connectivity index (χ4v) is 5.60. The van der Waals surface area contributed by atoms with Gasteiger partial charge >= 0.3 is 24.6 Å². The molecule has 2 aliphatic rings. The van der Waals surface area contributed by atoms with E-state index in [1.807, 2.05) is 0 Å². The average Bonchev–Trinajstić information content (AvgIpc) is 3.52. The van der Waals surface area contributed by atoms with E-state index in [1.54, 1.807) is 13.8 Å². The Bertz CT molecular complexity index is 1640. The van der Waals surface area contributed by atoms with Gasteiger partial charge in [0.1, 0.15) is 11.6 Å². The maximum atomic E-state index is 14.8. The van der Waals surface area contributed by atoms with Crippen molar-refractivity contribution in [3.05, 3.63) is 99.9 Å². The van der Waals surface area contributed by atoms with E-state index in [9.17, 15) is 48.7 Å². The topological polar surface area (TPSA) is 38.8 Å². The van der Waals surface area contributed by atoms with Crippen LogP contribution in [0, 0.1) is 5.82 Å². The third kappa shape index (κ3) is 5.94. The summed E-state index contributed by atoms with van der Waals surface area (Å²) < 4.78 is 148. The van der Waals surface area contributed by atoms with Crippen molar-refractivity contribution in [2.45, 2.75) is 56.5 Å². The van der Waals surface area contributed by atoms with Gasteiger partial charge in [-0.1, -0.05) is 32.1 Å². The van der Waals surface area contributed by atoms with Gasteiger partial charge in [0, 0.05) is 11.6 Å². The summed E-state index contributed by atoms with van der Waals surface area (Å²) in [5, 5.41) is 0. The molecule has 0 spiro atoms. The van der Waals surface area contributed by atoms with E-state index in [0.717, 1.165) is 29.2 Å². The summed E-state index contributed by atoms with van der Waals surface area (Å²) in [5.74, 6) is -0.987. The summed E-state index contributed by atoms with van der Waals surface area (Å²) >= 11 is 0. The van der Waals surface area contributed by atoms with E-state index in [-0.39, 0.29) is 40.0 Å². The smallest absolute Gasteiger partial charge is 0.416 e. The molecule has 14 heteroatoms. The van der Waals surface area contributed by atoms with Crippen LogP contribution in [0.4, 0.5) is 48.7 Å².